The minimum absolute atomic E-state index is 0.0539. The normalized spacial score (nSPS) is 47.7. The summed E-state index contributed by atoms with van der Waals surface area (Å²) in [5.74, 6) is -5.75. The maximum atomic E-state index is 15.2. The van der Waals surface area contributed by atoms with Crippen molar-refractivity contribution >= 4 is 0 Å². The van der Waals surface area contributed by atoms with Crippen LogP contribution in [0.25, 0.3) is 0 Å². The summed E-state index contributed by atoms with van der Waals surface area (Å²) >= 11 is 0. The van der Waals surface area contributed by atoms with Gasteiger partial charge in [0, 0.05) is 18.8 Å². The lowest BCUT2D eigenvalue weighted by Gasteiger charge is -2.46. The topological polar surface area (TPSA) is 18.5 Å². The molecule has 0 radical (unpaired) electrons. The fraction of sp³-hybridized carbons (Fsp3) is 1.00. The maximum absolute atomic E-state index is 15.2. The average molecular weight is 607 g/mol. The predicted octanol–water partition coefficient (Wildman–Crippen LogP) is 8.27. The highest BCUT2D eigenvalue weighted by molar-refractivity contribution is 5.00. The molecule has 0 aromatic rings. The van der Waals surface area contributed by atoms with Gasteiger partial charge in [-0.1, -0.05) is 0 Å². The lowest BCUT2D eigenvalue weighted by Crippen LogP contribution is -2.54. The van der Waals surface area contributed by atoms with Crippen molar-refractivity contribution in [2.45, 2.75) is 132 Å². The van der Waals surface area contributed by atoms with Crippen molar-refractivity contribution in [3.63, 3.8) is 0 Å². The molecule has 2 nitrogen and oxygen atoms in total. The van der Waals surface area contributed by atoms with E-state index in [2.05, 4.69) is 9.47 Å². The van der Waals surface area contributed by atoms with Crippen molar-refractivity contribution in [2.24, 2.45) is 29.6 Å². The maximum Gasteiger partial charge on any atom is 0.522 e. The zero-order valence-electron chi connectivity index (χ0n) is 21.5. The zero-order valence-corrected chi connectivity index (χ0v) is 21.5. The van der Waals surface area contributed by atoms with E-state index in [9.17, 15) is 35.1 Å². The van der Waals surface area contributed by atoms with Crippen LogP contribution in [-0.4, -0.2) is 67.9 Å². The molecule has 0 amide bonds. The Morgan fingerprint density at radius 3 is 1.43 bits per heavy atom. The molecule has 0 bridgehead atoms. The third kappa shape index (κ3) is 7.34. The van der Waals surface area contributed by atoms with Crippen LogP contribution in [0.4, 0.5) is 52.7 Å². The molecule has 0 spiro atoms. The first-order chi connectivity index (χ1) is 18.6. The lowest BCUT2D eigenvalue weighted by molar-refractivity contribution is -0.366. The molecule has 0 N–H and O–H groups in total. The fourth-order valence-electron chi connectivity index (χ4n) is 7.46. The molecule has 0 aromatic heterocycles. The molecule has 234 valence electrons. The van der Waals surface area contributed by atoms with Gasteiger partial charge < -0.3 is 4.74 Å². The standard InChI is InChI=1S/C26H34F12O2/c27-14-3-1-11(2-4-14)12-5-16(28)22(17(29)6-12)13-7-18(30)23(19(31)8-13)25(34,35)39-15-9-20(32)24(21(33)10-15)40-26(36,37)38/h11-24H,1-10H2. The molecule has 0 saturated heterocycles. The van der Waals surface area contributed by atoms with Gasteiger partial charge in [-0.2, -0.15) is 8.78 Å². The van der Waals surface area contributed by atoms with Crippen LogP contribution in [0.15, 0.2) is 0 Å². The minimum Gasteiger partial charge on any atom is -0.317 e. The average Bonchev–Trinajstić information content (AvgIpc) is 2.80. The van der Waals surface area contributed by atoms with Gasteiger partial charge in [0.25, 0.3) is 0 Å². The van der Waals surface area contributed by atoms with Crippen LogP contribution in [0.5, 0.6) is 0 Å². The molecule has 6 atom stereocenters. The minimum atomic E-state index is -5.37. The molecule has 0 aromatic carbocycles. The van der Waals surface area contributed by atoms with Crippen LogP contribution >= 0.6 is 0 Å². The molecular formula is C26H34F12O2. The van der Waals surface area contributed by atoms with Crippen molar-refractivity contribution in [2.75, 3.05) is 0 Å². The molecule has 4 fully saturated rings. The molecule has 4 saturated carbocycles. The Morgan fingerprint density at radius 1 is 0.475 bits per heavy atom. The van der Waals surface area contributed by atoms with Gasteiger partial charge in [0.05, 0.1) is 6.10 Å². The van der Waals surface area contributed by atoms with E-state index in [0.717, 1.165) is 0 Å². The van der Waals surface area contributed by atoms with Crippen LogP contribution < -0.4 is 0 Å². The number of alkyl halides is 12. The van der Waals surface area contributed by atoms with Gasteiger partial charge in [0.15, 0.2) is 0 Å². The Labute approximate surface area is 224 Å². The van der Waals surface area contributed by atoms with Gasteiger partial charge in [-0.15, -0.1) is 13.2 Å². The molecule has 4 aliphatic rings. The van der Waals surface area contributed by atoms with E-state index < -0.39 is 111 Å². The van der Waals surface area contributed by atoms with E-state index in [1.807, 2.05) is 0 Å². The fourth-order valence-corrected chi connectivity index (χ4v) is 7.46. The molecule has 0 heterocycles. The first-order valence-electron chi connectivity index (χ1n) is 13.8. The number of ether oxygens (including phenoxy) is 2. The number of halogens is 12. The van der Waals surface area contributed by atoms with Crippen LogP contribution in [0.2, 0.25) is 0 Å². The predicted molar refractivity (Wildman–Crippen MR) is 119 cm³/mol. The van der Waals surface area contributed by atoms with E-state index in [0.29, 0.717) is 25.7 Å². The molecule has 14 heteroatoms. The van der Waals surface area contributed by atoms with E-state index in [1.54, 1.807) is 0 Å². The highest BCUT2D eigenvalue weighted by Crippen LogP contribution is 2.51. The van der Waals surface area contributed by atoms with E-state index >= 15 is 17.6 Å². The van der Waals surface area contributed by atoms with Gasteiger partial charge in [0.2, 0.25) is 0 Å². The summed E-state index contributed by atoms with van der Waals surface area (Å²) < 4.78 is 177. The third-order valence-corrected chi connectivity index (χ3v) is 9.31. The molecule has 4 aliphatic carbocycles. The van der Waals surface area contributed by atoms with Crippen molar-refractivity contribution in [1.82, 2.24) is 0 Å². The van der Waals surface area contributed by atoms with Crippen molar-refractivity contribution < 1.29 is 62.2 Å². The number of hydrogen-bond acceptors (Lipinski definition) is 2. The van der Waals surface area contributed by atoms with Crippen LogP contribution in [0.3, 0.4) is 0 Å². The molecule has 40 heavy (non-hydrogen) atoms. The SMILES string of the molecule is FC1CCC(C2CC(F)C(C3CC(F)C(C(F)(F)OC4CC(F)C(OC(F)(F)F)C(F)C4)C(F)C3)C(F)C2)CC1. The Kier molecular flexibility index (Phi) is 9.89. The molecular weight excluding hydrogens is 572 g/mol. The lowest BCUT2D eigenvalue weighted by atomic mass is 9.63. The van der Waals surface area contributed by atoms with Crippen LogP contribution in [0.1, 0.15) is 64.2 Å². The smallest absolute Gasteiger partial charge is 0.317 e. The Hall–Kier alpha value is -0.920. The third-order valence-electron chi connectivity index (χ3n) is 9.31. The van der Waals surface area contributed by atoms with E-state index in [-0.39, 0.29) is 24.7 Å². The Morgan fingerprint density at radius 2 is 0.950 bits per heavy atom. The summed E-state index contributed by atoms with van der Waals surface area (Å²) in [4.78, 5) is 0. The second-order valence-corrected chi connectivity index (χ2v) is 12.0. The van der Waals surface area contributed by atoms with Gasteiger partial charge >= 0.3 is 12.5 Å². The highest BCUT2D eigenvalue weighted by atomic mass is 19.4. The van der Waals surface area contributed by atoms with Gasteiger partial charge in [-0.25, -0.2) is 30.7 Å². The second kappa shape index (κ2) is 12.4. The summed E-state index contributed by atoms with van der Waals surface area (Å²) in [7, 11) is 0. The quantitative estimate of drug-likeness (QED) is 0.284. The number of hydrogen-bond donors (Lipinski definition) is 0. The highest BCUT2D eigenvalue weighted by Gasteiger charge is 2.58. The first-order valence-corrected chi connectivity index (χ1v) is 13.8. The first kappa shape index (κ1) is 32.0. The Balaban J connectivity index is 1.34. The zero-order chi connectivity index (χ0) is 29.6. The van der Waals surface area contributed by atoms with Gasteiger partial charge in [-0.3, -0.25) is 4.74 Å². The Bertz CT molecular complexity index is 786. The van der Waals surface area contributed by atoms with Crippen LogP contribution in [0, 0.1) is 29.6 Å². The second-order valence-electron chi connectivity index (χ2n) is 12.0. The molecule has 6 unspecified atom stereocenters. The van der Waals surface area contributed by atoms with Crippen molar-refractivity contribution in [3.05, 3.63) is 0 Å². The summed E-state index contributed by atoms with van der Waals surface area (Å²) in [6.45, 7) is 0. The number of rotatable bonds is 6. The summed E-state index contributed by atoms with van der Waals surface area (Å²) in [5, 5.41) is 0. The summed E-state index contributed by atoms with van der Waals surface area (Å²) in [5.41, 5.74) is 0. The summed E-state index contributed by atoms with van der Waals surface area (Å²) in [6, 6.07) is 0. The summed E-state index contributed by atoms with van der Waals surface area (Å²) in [6.07, 6.45) is -31.9. The monoisotopic (exact) mass is 606 g/mol. The van der Waals surface area contributed by atoms with E-state index in [1.165, 1.54) is 0 Å². The largest absolute Gasteiger partial charge is 0.522 e. The van der Waals surface area contributed by atoms with Crippen molar-refractivity contribution in [1.29, 1.82) is 0 Å². The van der Waals surface area contributed by atoms with Crippen LogP contribution in [-0.2, 0) is 9.47 Å². The van der Waals surface area contributed by atoms with E-state index in [4.69, 9.17) is 0 Å². The van der Waals surface area contributed by atoms with Gasteiger partial charge in [-0.05, 0) is 69.1 Å². The van der Waals surface area contributed by atoms with Gasteiger partial charge in [0.1, 0.15) is 55.2 Å². The van der Waals surface area contributed by atoms with Crippen molar-refractivity contribution in [3.8, 4) is 0 Å². The molecule has 4 rings (SSSR count). The molecule has 0 aliphatic heterocycles.